The Labute approximate surface area is 134 Å². The second-order valence-electron chi connectivity index (χ2n) is 5.64. The monoisotopic (exact) mass is 318 g/mol. The molecular weight excluding hydrogens is 298 g/mol. The topological polar surface area (TPSA) is 32.3 Å². The number of carbonyl (C=O) groups excluding carboxylic acids is 1. The van der Waals surface area contributed by atoms with Gasteiger partial charge in [0.15, 0.2) is 0 Å². The molecule has 0 unspecified atom stereocenters. The van der Waals surface area contributed by atoms with Crippen LogP contribution >= 0.6 is 0 Å². The predicted octanol–water partition coefficient (Wildman–Crippen LogP) is 2.93. The van der Waals surface area contributed by atoms with Crippen LogP contribution in [0.1, 0.15) is 17.2 Å². The lowest BCUT2D eigenvalue weighted by Gasteiger charge is -2.25. The molecule has 23 heavy (non-hydrogen) atoms. The molecule has 0 aliphatic heterocycles. The molecule has 0 aliphatic rings. The molecule has 0 saturated heterocycles. The van der Waals surface area contributed by atoms with Gasteiger partial charge in [-0.15, -0.1) is 0 Å². The van der Waals surface area contributed by atoms with E-state index < -0.39 is 0 Å². The fraction of sp³-hybridized carbons (Fsp3) is 0.278. The standard InChI is InChI=1S/C18H20F2N2O/c1-22(2)17(14-5-9-16(20)10-6-14)12-21-18(23)11-13-3-7-15(19)8-4-13/h3-10,17H,11-12H2,1-2H3,(H,21,23)/t17-/m1/s1. The Bertz CT molecular complexity index is 639. The highest BCUT2D eigenvalue weighted by atomic mass is 19.1. The summed E-state index contributed by atoms with van der Waals surface area (Å²) in [6.45, 7) is 0.415. The van der Waals surface area contributed by atoms with E-state index in [4.69, 9.17) is 0 Å². The van der Waals surface area contributed by atoms with Gasteiger partial charge in [-0.3, -0.25) is 4.79 Å². The highest BCUT2D eigenvalue weighted by Gasteiger charge is 2.15. The molecule has 0 heterocycles. The van der Waals surface area contributed by atoms with Crippen LogP contribution in [0.15, 0.2) is 48.5 Å². The normalized spacial score (nSPS) is 12.2. The summed E-state index contributed by atoms with van der Waals surface area (Å²) in [7, 11) is 3.81. The number of rotatable bonds is 6. The zero-order valence-corrected chi connectivity index (χ0v) is 13.2. The van der Waals surface area contributed by atoms with Crippen molar-refractivity contribution in [2.45, 2.75) is 12.5 Å². The number of amides is 1. The molecule has 0 bridgehead atoms. The average Bonchev–Trinajstić information content (AvgIpc) is 2.51. The minimum absolute atomic E-state index is 0.0484. The van der Waals surface area contributed by atoms with Gasteiger partial charge in [0.2, 0.25) is 5.91 Å². The van der Waals surface area contributed by atoms with Crippen molar-refractivity contribution in [2.24, 2.45) is 0 Å². The van der Waals surface area contributed by atoms with Crippen molar-refractivity contribution in [2.75, 3.05) is 20.6 Å². The van der Waals surface area contributed by atoms with Gasteiger partial charge >= 0.3 is 0 Å². The van der Waals surface area contributed by atoms with Crippen LogP contribution in [0, 0.1) is 11.6 Å². The zero-order chi connectivity index (χ0) is 16.8. The fourth-order valence-corrected chi connectivity index (χ4v) is 2.34. The van der Waals surface area contributed by atoms with E-state index in [1.807, 2.05) is 19.0 Å². The largest absolute Gasteiger partial charge is 0.354 e. The molecule has 0 aromatic heterocycles. The van der Waals surface area contributed by atoms with Gasteiger partial charge in [0, 0.05) is 6.54 Å². The summed E-state index contributed by atoms with van der Waals surface area (Å²) in [6.07, 6.45) is 0.198. The highest BCUT2D eigenvalue weighted by molar-refractivity contribution is 5.78. The quantitative estimate of drug-likeness (QED) is 0.888. The lowest BCUT2D eigenvalue weighted by molar-refractivity contribution is -0.120. The lowest BCUT2D eigenvalue weighted by Crippen LogP contribution is -2.35. The molecule has 1 atom stereocenters. The molecule has 2 aromatic carbocycles. The van der Waals surface area contributed by atoms with Crippen molar-refractivity contribution in [1.29, 1.82) is 0 Å². The van der Waals surface area contributed by atoms with Gasteiger partial charge in [-0.2, -0.15) is 0 Å². The van der Waals surface area contributed by atoms with E-state index in [1.54, 1.807) is 24.3 Å². The fourth-order valence-electron chi connectivity index (χ4n) is 2.34. The smallest absolute Gasteiger partial charge is 0.224 e. The number of hydrogen-bond acceptors (Lipinski definition) is 2. The highest BCUT2D eigenvalue weighted by Crippen LogP contribution is 2.17. The summed E-state index contributed by atoms with van der Waals surface area (Å²) in [5, 5.41) is 2.87. The molecule has 0 spiro atoms. The number of hydrogen-bond donors (Lipinski definition) is 1. The molecule has 2 aromatic rings. The maximum atomic E-state index is 13.0. The first-order chi connectivity index (χ1) is 11.0. The molecule has 2 rings (SSSR count). The first-order valence-corrected chi connectivity index (χ1v) is 7.39. The molecule has 122 valence electrons. The van der Waals surface area contributed by atoms with Crippen molar-refractivity contribution >= 4 is 5.91 Å². The van der Waals surface area contributed by atoms with Crippen LogP contribution < -0.4 is 5.32 Å². The van der Waals surface area contributed by atoms with Crippen LogP contribution in [0.2, 0.25) is 0 Å². The Morgan fingerprint density at radius 3 is 2.04 bits per heavy atom. The van der Waals surface area contributed by atoms with Crippen LogP contribution in [0.3, 0.4) is 0 Å². The van der Waals surface area contributed by atoms with Crippen molar-refractivity contribution in [3.05, 3.63) is 71.3 Å². The molecule has 1 amide bonds. The summed E-state index contributed by atoms with van der Waals surface area (Å²) >= 11 is 0. The Kier molecular flexibility index (Phi) is 5.82. The molecule has 0 fully saturated rings. The first kappa shape index (κ1) is 17.1. The van der Waals surface area contributed by atoms with E-state index in [1.165, 1.54) is 24.3 Å². The molecule has 5 heteroatoms. The second-order valence-corrected chi connectivity index (χ2v) is 5.64. The van der Waals surface area contributed by atoms with Gasteiger partial charge in [0.05, 0.1) is 12.5 Å². The van der Waals surface area contributed by atoms with Gasteiger partial charge in [-0.25, -0.2) is 8.78 Å². The minimum Gasteiger partial charge on any atom is -0.354 e. The van der Waals surface area contributed by atoms with E-state index in [0.29, 0.717) is 6.54 Å². The average molecular weight is 318 g/mol. The SMILES string of the molecule is CN(C)[C@H](CNC(=O)Cc1ccc(F)cc1)c1ccc(F)cc1. The van der Waals surface area contributed by atoms with E-state index >= 15 is 0 Å². The van der Waals surface area contributed by atoms with Crippen molar-refractivity contribution < 1.29 is 13.6 Å². The molecule has 0 aliphatic carbocycles. The van der Waals surface area contributed by atoms with Gasteiger partial charge in [0.25, 0.3) is 0 Å². The summed E-state index contributed by atoms with van der Waals surface area (Å²) in [5.41, 5.74) is 1.69. The maximum Gasteiger partial charge on any atom is 0.224 e. The Morgan fingerprint density at radius 2 is 1.52 bits per heavy atom. The second kappa shape index (κ2) is 7.83. The Balaban J connectivity index is 1.94. The first-order valence-electron chi connectivity index (χ1n) is 7.39. The number of nitrogens with zero attached hydrogens (tertiary/aromatic N) is 1. The third-order valence-corrected chi connectivity index (χ3v) is 3.65. The summed E-state index contributed by atoms with van der Waals surface area (Å²) in [5.74, 6) is -0.740. The van der Waals surface area contributed by atoms with Gasteiger partial charge in [0.1, 0.15) is 11.6 Å². The number of halogens is 2. The third kappa shape index (κ3) is 5.14. The van der Waals surface area contributed by atoms with Crippen LogP contribution in [-0.2, 0) is 11.2 Å². The van der Waals surface area contributed by atoms with Gasteiger partial charge in [-0.1, -0.05) is 24.3 Å². The van der Waals surface area contributed by atoms with Crippen LogP contribution in [-0.4, -0.2) is 31.4 Å². The summed E-state index contributed by atoms with van der Waals surface area (Å²) < 4.78 is 25.9. The van der Waals surface area contributed by atoms with E-state index in [2.05, 4.69) is 5.32 Å². The maximum absolute atomic E-state index is 13.0. The Hall–Kier alpha value is -2.27. The van der Waals surface area contributed by atoms with Gasteiger partial charge in [-0.05, 0) is 49.5 Å². The summed E-state index contributed by atoms with van der Waals surface area (Å²) in [6, 6.07) is 12.1. The van der Waals surface area contributed by atoms with Crippen LogP contribution in [0.25, 0.3) is 0 Å². The van der Waals surface area contributed by atoms with Crippen molar-refractivity contribution in [1.82, 2.24) is 10.2 Å². The number of benzene rings is 2. The molecular formula is C18H20F2N2O. The predicted molar refractivity (Wildman–Crippen MR) is 85.9 cm³/mol. The molecule has 3 nitrogen and oxygen atoms in total. The van der Waals surface area contributed by atoms with Crippen LogP contribution in [0.5, 0.6) is 0 Å². The Morgan fingerprint density at radius 1 is 1.00 bits per heavy atom. The van der Waals surface area contributed by atoms with Crippen molar-refractivity contribution in [3.63, 3.8) is 0 Å². The lowest BCUT2D eigenvalue weighted by atomic mass is 10.1. The van der Waals surface area contributed by atoms with E-state index in [-0.39, 0.29) is 30.0 Å². The number of carbonyl (C=O) groups is 1. The third-order valence-electron chi connectivity index (χ3n) is 3.65. The van der Waals surface area contributed by atoms with E-state index in [0.717, 1.165) is 11.1 Å². The molecule has 0 radical (unpaired) electrons. The summed E-state index contributed by atoms with van der Waals surface area (Å²) in [4.78, 5) is 14.0. The molecule has 0 saturated carbocycles. The van der Waals surface area contributed by atoms with Crippen molar-refractivity contribution in [3.8, 4) is 0 Å². The van der Waals surface area contributed by atoms with E-state index in [9.17, 15) is 13.6 Å². The van der Waals surface area contributed by atoms with Crippen LogP contribution in [0.4, 0.5) is 8.78 Å². The minimum atomic E-state index is -0.321. The number of likely N-dealkylation sites (N-methyl/N-ethyl adjacent to an activating group) is 1. The number of nitrogens with one attached hydrogen (secondary N) is 1. The molecule has 1 N–H and O–H groups in total. The van der Waals surface area contributed by atoms with Gasteiger partial charge < -0.3 is 10.2 Å². The zero-order valence-electron chi connectivity index (χ0n) is 13.2.